The largest absolute Gasteiger partial charge is 0.494 e. The summed E-state index contributed by atoms with van der Waals surface area (Å²) in [7, 11) is 3.20. The zero-order valence-corrected chi connectivity index (χ0v) is 23.1. The number of aliphatic hydroxyl groups is 1. The number of nitrogens with zero attached hydrogens (tertiary/aromatic N) is 2. The monoisotopic (exact) mass is 560 g/mol. The van der Waals surface area contributed by atoms with Crippen LogP contribution >= 0.6 is 15.9 Å². The smallest absolute Gasteiger partial charge is 0.411 e. The topological polar surface area (TPSA) is 82.2 Å². The number of aliphatic hydroxyl groups excluding tert-OH is 1. The molecule has 0 unspecified atom stereocenters. The van der Waals surface area contributed by atoms with Crippen molar-refractivity contribution >= 4 is 32.9 Å². The molecule has 1 saturated heterocycles. The predicted octanol–water partition coefficient (Wildman–Crippen LogP) is 5.38. The first-order chi connectivity index (χ1) is 17.1. The van der Waals surface area contributed by atoms with Gasteiger partial charge in [0.2, 0.25) is 0 Å². The Balaban J connectivity index is 1.76. The summed E-state index contributed by atoms with van der Waals surface area (Å²) in [4.78, 5) is 14.2. The lowest BCUT2D eigenvalue weighted by molar-refractivity contribution is 0.0401. The normalized spacial score (nSPS) is 17.3. The van der Waals surface area contributed by atoms with E-state index in [1.54, 1.807) is 19.1 Å². The van der Waals surface area contributed by atoms with E-state index in [0.717, 1.165) is 22.0 Å². The van der Waals surface area contributed by atoms with Gasteiger partial charge in [0.25, 0.3) is 0 Å². The first-order valence-corrected chi connectivity index (χ1v) is 12.7. The molecule has 194 valence electrons. The number of rotatable bonds is 8. The lowest BCUT2D eigenvalue weighted by Gasteiger charge is -2.20. The number of carbonyl (C=O) groups is 1. The van der Waals surface area contributed by atoms with Gasteiger partial charge in [0.15, 0.2) is 11.5 Å². The molecule has 1 fully saturated rings. The van der Waals surface area contributed by atoms with Crippen LogP contribution in [0.4, 0.5) is 4.79 Å². The van der Waals surface area contributed by atoms with Crippen LogP contribution in [0, 0.1) is 6.92 Å². The number of hydrogen-bond acceptors (Lipinski definition) is 6. The molecule has 2 heterocycles. The number of hydrogen-bond donors (Lipinski definition) is 1. The highest BCUT2D eigenvalue weighted by molar-refractivity contribution is 9.09. The van der Waals surface area contributed by atoms with Crippen molar-refractivity contribution in [2.24, 2.45) is 0 Å². The van der Waals surface area contributed by atoms with Gasteiger partial charge >= 0.3 is 6.09 Å². The Labute approximate surface area is 219 Å². The van der Waals surface area contributed by atoms with Crippen molar-refractivity contribution in [3.63, 3.8) is 0 Å². The molecule has 3 aromatic rings. The van der Waals surface area contributed by atoms with Crippen LogP contribution in [-0.2, 0) is 24.5 Å². The molecule has 1 aromatic heterocycles. The summed E-state index contributed by atoms with van der Waals surface area (Å²) in [5.74, 6) is 1.74. The van der Waals surface area contributed by atoms with E-state index in [1.165, 1.54) is 0 Å². The highest BCUT2D eigenvalue weighted by Gasteiger charge is 2.51. The van der Waals surface area contributed by atoms with Gasteiger partial charge in [-0.05, 0) is 33.3 Å². The first kappa shape index (κ1) is 26.2. The quantitative estimate of drug-likeness (QED) is 0.226. The summed E-state index contributed by atoms with van der Waals surface area (Å²) in [6.07, 6.45) is 1.51. The second-order valence-electron chi connectivity index (χ2n) is 9.81. The van der Waals surface area contributed by atoms with Crippen molar-refractivity contribution < 1.29 is 28.8 Å². The molecule has 2 aromatic carbocycles. The minimum absolute atomic E-state index is 0.122. The third-order valence-electron chi connectivity index (χ3n) is 6.13. The maximum Gasteiger partial charge on any atom is 0.411 e. The zero-order valence-electron chi connectivity index (χ0n) is 21.5. The van der Waals surface area contributed by atoms with E-state index in [0.29, 0.717) is 36.0 Å². The van der Waals surface area contributed by atoms with Crippen LogP contribution in [0.3, 0.4) is 0 Å². The molecular formula is C27H33BrN2O6. The summed E-state index contributed by atoms with van der Waals surface area (Å²) in [5.41, 5.74) is 2.68. The maximum absolute atomic E-state index is 12.7. The number of ether oxygens (including phenoxy) is 4. The number of benzene rings is 2. The van der Waals surface area contributed by atoms with Crippen LogP contribution in [0.5, 0.6) is 17.2 Å². The molecule has 0 bridgehead atoms. The lowest BCUT2D eigenvalue weighted by Crippen LogP contribution is -2.28. The van der Waals surface area contributed by atoms with Gasteiger partial charge in [-0.1, -0.05) is 46.3 Å². The standard InChI is InChI=1S/C27H33BrN2O6/c1-16-22(33-5)21-20(24(23(16)34-6)35-15-17-10-8-7-9-11-17)18(14-31)12-29(21)13-19-25(28)30(19)26(32)36-27(2,3)4/h7-12,19,25,31H,13-15H2,1-6H3/t19-,25-,30?/m0/s1. The van der Waals surface area contributed by atoms with E-state index in [2.05, 4.69) is 15.9 Å². The van der Waals surface area contributed by atoms with Gasteiger partial charge in [0.05, 0.1) is 37.8 Å². The van der Waals surface area contributed by atoms with Crippen molar-refractivity contribution in [1.82, 2.24) is 9.47 Å². The van der Waals surface area contributed by atoms with Crippen LogP contribution < -0.4 is 14.2 Å². The van der Waals surface area contributed by atoms with Crippen molar-refractivity contribution in [3.05, 3.63) is 53.2 Å². The first-order valence-electron chi connectivity index (χ1n) is 11.8. The van der Waals surface area contributed by atoms with Crippen molar-refractivity contribution in [2.75, 3.05) is 14.2 Å². The summed E-state index contributed by atoms with van der Waals surface area (Å²) >= 11 is 3.59. The molecule has 36 heavy (non-hydrogen) atoms. The van der Waals surface area contributed by atoms with Gasteiger partial charge in [-0.2, -0.15) is 0 Å². The molecule has 0 radical (unpaired) electrons. The molecule has 8 nitrogen and oxygen atoms in total. The van der Waals surface area contributed by atoms with Crippen LogP contribution in [-0.4, -0.2) is 51.5 Å². The molecule has 0 saturated carbocycles. The van der Waals surface area contributed by atoms with Gasteiger partial charge in [0.1, 0.15) is 22.9 Å². The van der Waals surface area contributed by atoms with E-state index >= 15 is 0 Å². The number of amides is 1. The molecule has 1 N–H and O–H groups in total. The minimum Gasteiger partial charge on any atom is -0.494 e. The van der Waals surface area contributed by atoms with Gasteiger partial charge in [-0.3, -0.25) is 4.90 Å². The average molecular weight is 561 g/mol. The van der Waals surface area contributed by atoms with Crippen LogP contribution in [0.1, 0.15) is 37.5 Å². The summed E-state index contributed by atoms with van der Waals surface area (Å²) in [6, 6.07) is 9.74. The molecule has 4 rings (SSSR count). The molecule has 9 heteroatoms. The number of aromatic nitrogens is 1. The van der Waals surface area contributed by atoms with Gasteiger partial charge in [0, 0.05) is 23.9 Å². The molecule has 1 aliphatic heterocycles. The van der Waals surface area contributed by atoms with Crippen molar-refractivity contribution in [1.29, 1.82) is 0 Å². The Bertz CT molecular complexity index is 1250. The SMILES string of the molecule is COc1c(C)c(OC)c2c(c(CO)cn2C[C@H]2[C@@H](Br)N2C(=O)OC(C)(C)C)c1OCc1ccccc1. The Morgan fingerprint density at radius 1 is 1.08 bits per heavy atom. The summed E-state index contributed by atoms with van der Waals surface area (Å²) in [6.45, 7) is 8.07. The number of fused-ring (bicyclic) bond motifs is 1. The van der Waals surface area contributed by atoms with Crippen LogP contribution in [0.25, 0.3) is 10.9 Å². The molecule has 0 aliphatic carbocycles. The fourth-order valence-electron chi connectivity index (χ4n) is 4.48. The zero-order chi connectivity index (χ0) is 26.2. The van der Waals surface area contributed by atoms with Gasteiger partial charge in [-0.25, -0.2) is 4.79 Å². The predicted molar refractivity (Wildman–Crippen MR) is 141 cm³/mol. The lowest BCUT2D eigenvalue weighted by atomic mass is 10.1. The third-order valence-corrected chi connectivity index (χ3v) is 7.18. The summed E-state index contributed by atoms with van der Waals surface area (Å²) < 4.78 is 25.5. The van der Waals surface area contributed by atoms with E-state index in [1.807, 2.05) is 68.8 Å². The fourth-order valence-corrected chi connectivity index (χ4v) is 5.23. The maximum atomic E-state index is 12.7. The molecular weight excluding hydrogens is 528 g/mol. The van der Waals surface area contributed by atoms with Crippen molar-refractivity contribution in [2.45, 2.75) is 64.0 Å². The van der Waals surface area contributed by atoms with E-state index in [9.17, 15) is 9.90 Å². The van der Waals surface area contributed by atoms with E-state index < -0.39 is 5.60 Å². The average Bonchev–Trinajstić information content (AvgIpc) is 3.32. The Morgan fingerprint density at radius 3 is 2.33 bits per heavy atom. The third kappa shape index (κ3) is 4.99. The van der Waals surface area contributed by atoms with Gasteiger partial charge in [-0.15, -0.1) is 0 Å². The minimum atomic E-state index is -0.580. The number of methoxy groups -OCH3 is 2. The van der Waals surface area contributed by atoms with E-state index in [4.69, 9.17) is 18.9 Å². The molecule has 0 spiro atoms. The molecule has 1 amide bonds. The highest BCUT2D eigenvalue weighted by atomic mass is 79.9. The van der Waals surface area contributed by atoms with E-state index in [-0.39, 0.29) is 23.7 Å². The Hall–Kier alpha value is -2.91. The van der Waals surface area contributed by atoms with Crippen molar-refractivity contribution in [3.8, 4) is 17.2 Å². The second kappa shape index (κ2) is 10.2. The number of halogens is 1. The highest BCUT2D eigenvalue weighted by Crippen LogP contribution is 2.48. The number of carbonyl (C=O) groups excluding carboxylic acids is 1. The molecule has 2 atom stereocenters. The van der Waals surface area contributed by atoms with Crippen LogP contribution in [0.15, 0.2) is 36.5 Å². The summed E-state index contributed by atoms with van der Waals surface area (Å²) in [5, 5.41) is 11.0. The Kier molecular flexibility index (Phi) is 7.43. The molecule has 1 aliphatic rings. The fraction of sp³-hybridized carbons (Fsp3) is 0.444. The second-order valence-corrected chi connectivity index (χ2v) is 10.7. The van der Waals surface area contributed by atoms with Crippen LogP contribution in [0.2, 0.25) is 0 Å². The van der Waals surface area contributed by atoms with Gasteiger partial charge < -0.3 is 28.6 Å². The number of alkyl halides is 1. The Morgan fingerprint density at radius 2 is 1.75 bits per heavy atom.